The Morgan fingerprint density at radius 1 is 1.47 bits per heavy atom. The molecular formula is C14H21FN2. The van der Waals surface area contributed by atoms with Crippen molar-refractivity contribution < 1.29 is 4.39 Å². The molecule has 0 spiro atoms. The molecule has 3 heteroatoms. The second kappa shape index (κ2) is 4.65. The van der Waals surface area contributed by atoms with Crippen LogP contribution in [-0.2, 0) is 0 Å². The van der Waals surface area contributed by atoms with E-state index in [1.54, 1.807) is 6.07 Å². The lowest BCUT2D eigenvalue weighted by Gasteiger charge is -2.24. The predicted molar refractivity (Wildman–Crippen MR) is 69.7 cm³/mol. The molecule has 1 aliphatic rings. The molecule has 1 aromatic rings. The molecule has 0 aliphatic carbocycles. The minimum Gasteiger partial charge on any atom is -0.371 e. The van der Waals surface area contributed by atoms with Crippen molar-refractivity contribution in [2.45, 2.75) is 33.2 Å². The van der Waals surface area contributed by atoms with Gasteiger partial charge in [-0.1, -0.05) is 6.92 Å². The zero-order valence-corrected chi connectivity index (χ0v) is 10.8. The van der Waals surface area contributed by atoms with Gasteiger partial charge in [-0.15, -0.1) is 0 Å². The Morgan fingerprint density at radius 2 is 2.18 bits per heavy atom. The van der Waals surface area contributed by atoms with Gasteiger partial charge in [-0.2, -0.15) is 0 Å². The highest BCUT2D eigenvalue weighted by molar-refractivity contribution is 5.57. The van der Waals surface area contributed by atoms with Gasteiger partial charge in [-0.25, -0.2) is 4.39 Å². The Kier molecular flexibility index (Phi) is 3.38. The van der Waals surface area contributed by atoms with Gasteiger partial charge >= 0.3 is 0 Å². The maximum absolute atomic E-state index is 13.6. The first-order valence-electron chi connectivity index (χ1n) is 6.29. The fourth-order valence-corrected chi connectivity index (χ4v) is 2.47. The third-order valence-electron chi connectivity index (χ3n) is 3.56. The topological polar surface area (TPSA) is 29.3 Å². The van der Waals surface area contributed by atoms with Gasteiger partial charge in [0, 0.05) is 24.8 Å². The van der Waals surface area contributed by atoms with E-state index in [4.69, 9.17) is 5.73 Å². The minimum absolute atomic E-state index is 0.129. The zero-order valence-electron chi connectivity index (χ0n) is 10.8. The van der Waals surface area contributed by atoms with Crippen molar-refractivity contribution >= 4 is 5.69 Å². The van der Waals surface area contributed by atoms with Crippen LogP contribution in [0.3, 0.4) is 0 Å². The molecule has 1 unspecified atom stereocenters. The van der Waals surface area contributed by atoms with E-state index in [1.807, 2.05) is 19.9 Å². The number of hydrogen-bond donors (Lipinski definition) is 1. The van der Waals surface area contributed by atoms with Crippen LogP contribution in [0.1, 0.15) is 37.4 Å². The van der Waals surface area contributed by atoms with Gasteiger partial charge in [-0.05, 0) is 49.4 Å². The third-order valence-corrected chi connectivity index (χ3v) is 3.56. The molecular weight excluding hydrogens is 215 g/mol. The van der Waals surface area contributed by atoms with E-state index >= 15 is 0 Å². The Labute approximate surface area is 103 Å². The molecule has 0 radical (unpaired) electrons. The molecule has 1 heterocycles. The number of nitrogens with two attached hydrogens (primary N) is 1. The summed E-state index contributed by atoms with van der Waals surface area (Å²) in [4.78, 5) is 2.33. The standard InChI is InChI=1S/C14H21FN2/c1-9-4-5-17(8-9)14-6-10(2)13(15)7-12(14)11(3)16/h6-7,9,11H,4-5,8,16H2,1-3H3/t9?,11-/m1/s1. The molecule has 0 bridgehead atoms. The Hall–Kier alpha value is -1.09. The number of benzene rings is 1. The van der Waals surface area contributed by atoms with Crippen LogP contribution in [0.5, 0.6) is 0 Å². The van der Waals surface area contributed by atoms with Crippen molar-refractivity contribution in [2.24, 2.45) is 11.7 Å². The van der Waals surface area contributed by atoms with E-state index in [1.165, 1.54) is 6.42 Å². The smallest absolute Gasteiger partial charge is 0.126 e. The van der Waals surface area contributed by atoms with Crippen LogP contribution in [0.25, 0.3) is 0 Å². The normalized spacial score (nSPS) is 21.9. The molecule has 1 fully saturated rings. The van der Waals surface area contributed by atoms with Crippen molar-refractivity contribution in [1.29, 1.82) is 0 Å². The van der Waals surface area contributed by atoms with Crippen LogP contribution in [0, 0.1) is 18.7 Å². The van der Waals surface area contributed by atoms with Gasteiger partial charge < -0.3 is 10.6 Å². The highest BCUT2D eigenvalue weighted by Gasteiger charge is 2.22. The van der Waals surface area contributed by atoms with Crippen molar-refractivity contribution in [1.82, 2.24) is 0 Å². The summed E-state index contributed by atoms with van der Waals surface area (Å²) in [6, 6.07) is 3.40. The molecule has 2 nitrogen and oxygen atoms in total. The molecule has 2 atom stereocenters. The maximum atomic E-state index is 13.6. The van der Waals surface area contributed by atoms with Crippen molar-refractivity contribution in [2.75, 3.05) is 18.0 Å². The van der Waals surface area contributed by atoms with Gasteiger partial charge in [-0.3, -0.25) is 0 Å². The molecule has 2 N–H and O–H groups in total. The second-order valence-electron chi connectivity index (χ2n) is 5.29. The fourth-order valence-electron chi connectivity index (χ4n) is 2.47. The number of halogens is 1. The number of rotatable bonds is 2. The van der Waals surface area contributed by atoms with Crippen LogP contribution in [0.15, 0.2) is 12.1 Å². The first-order chi connectivity index (χ1) is 7.99. The van der Waals surface area contributed by atoms with Gasteiger partial charge in [0.05, 0.1) is 0 Å². The zero-order chi connectivity index (χ0) is 12.6. The van der Waals surface area contributed by atoms with E-state index in [0.29, 0.717) is 11.5 Å². The largest absolute Gasteiger partial charge is 0.371 e. The molecule has 0 amide bonds. The molecule has 94 valence electrons. The maximum Gasteiger partial charge on any atom is 0.126 e. The summed E-state index contributed by atoms with van der Waals surface area (Å²) in [6.07, 6.45) is 1.20. The summed E-state index contributed by atoms with van der Waals surface area (Å²) in [5.41, 5.74) is 8.67. The average Bonchev–Trinajstić information content (AvgIpc) is 2.68. The van der Waals surface area contributed by atoms with Crippen LogP contribution >= 0.6 is 0 Å². The van der Waals surface area contributed by atoms with Gasteiger partial charge in [0.1, 0.15) is 5.82 Å². The summed E-state index contributed by atoms with van der Waals surface area (Å²) in [7, 11) is 0. The summed E-state index contributed by atoms with van der Waals surface area (Å²) < 4.78 is 13.6. The predicted octanol–water partition coefficient (Wildman–Crippen LogP) is 3.00. The molecule has 2 rings (SSSR count). The van der Waals surface area contributed by atoms with Crippen LogP contribution in [0.4, 0.5) is 10.1 Å². The molecule has 1 aromatic carbocycles. The highest BCUT2D eigenvalue weighted by Crippen LogP contribution is 2.31. The number of aryl methyl sites for hydroxylation is 1. The van der Waals surface area contributed by atoms with E-state index < -0.39 is 0 Å². The SMILES string of the molecule is Cc1cc(N2CCC(C)C2)c([C@@H](C)N)cc1F. The third kappa shape index (κ3) is 2.44. The van der Waals surface area contributed by atoms with Crippen molar-refractivity contribution in [3.63, 3.8) is 0 Å². The van der Waals surface area contributed by atoms with Gasteiger partial charge in [0.2, 0.25) is 0 Å². The van der Waals surface area contributed by atoms with Crippen LogP contribution in [0.2, 0.25) is 0 Å². The monoisotopic (exact) mass is 236 g/mol. The summed E-state index contributed by atoms with van der Waals surface area (Å²) >= 11 is 0. The van der Waals surface area contributed by atoms with E-state index in [9.17, 15) is 4.39 Å². The molecule has 1 aliphatic heterocycles. The molecule has 0 saturated carbocycles. The minimum atomic E-state index is -0.159. The summed E-state index contributed by atoms with van der Waals surface area (Å²) in [6.45, 7) is 8.06. The molecule has 17 heavy (non-hydrogen) atoms. The van der Waals surface area contributed by atoms with Gasteiger partial charge in [0.15, 0.2) is 0 Å². The molecule has 0 aromatic heterocycles. The van der Waals surface area contributed by atoms with E-state index in [2.05, 4.69) is 11.8 Å². The first kappa shape index (κ1) is 12.4. The Balaban J connectivity index is 2.40. The summed E-state index contributed by atoms with van der Waals surface area (Å²) in [5, 5.41) is 0. The average molecular weight is 236 g/mol. The van der Waals surface area contributed by atoms with E-state index in [0.717, 1.165) is 24.3 Å². The number of nitrogens with zero attached hydrogens (tertiary/aromatic N) is 1. The van der Waals surface area contributed by atoms with Crippen LogP contribution < -0.4 is 10.6 Å². The highest BCUT2D eigenvalue weighted by atomic mass is 19.1. The summed E-state index contributed by atoms with van der Waals surface area (Å²) in [5.74, 6) is 0.551. The van der Waals surface area contributed by atoms with Crippen LogP contribution in [-0.4, -0.2) is 13.1 Å². The Bertz CT molecular complexity index is 415. The lowest BCUT2D eigenvalue weighted by Crippen LogP contribution is -2.22. The Morgan fingerprint density at radius 3 is 2.71 bits per heavy atom. The van der Waals surface area contributed by atoms with E-state index in [-0.39, 0.29) is 11.9 Å². The molecule has 1 saturated heterocycles. The number of anilines is 1. The number of hydrogen-bond acceptors (Lipinski definition) is 2. The second-order valence-corrected chi connectivity index (χ2v) is 5.29. The van der Waals surface area contributed by atoms with Crippen molar-refractivity contribution in [3.05, 3.63) is 29.1 Å². The lowest BCUT2D eigenvalue weighted by molar-refractivity contribution is 0.612. The quantitative estimate of drug-likeness (QED) is 0.855. The fraction of sp³-hybridized carbons (Fsp3) is 0.571. The van der Waals surface area contributed by atoms with Crippen molar-refractivity contribution in [3.8, 4) is 0 Å². The first-order valence-corrected chi connectivity index (χ1v) is 6.29. The van der Waals surface area contributed by atoms with Gasteiger partial charge in [0.25, 0.3) is 0 Å². The lowest BCUT2D eigenvalue weighted by atomic mass is 10.0.